The van der Waals surface area contributed by atoms with Crippen LogP contribution in [0.25, 0.3) is 0 Å². The molecule has 0 rings (SSSR count). The van der Waals surface area contributed by atoms with Crippen LogP contribution < -0.4 is 0 Å². The first-order chi connectivity index (χ1) is 6.26. The van der Waals surface area contributed by atoms with Gasteiger partial charge in [0.2, 0.25) is 0 Å². The SMILES string of the molecule is CCCCC(CCC)C(=O)OCC. The van der Waals surface area contributed by atoms with Crippen LogP contribution in [0.3, 0.4) is 0 Å². The predicted molar refractivity (Wildman–Crippen MR) is 54.6 cm³/mol. The molecule has 0 aromatic heterocycles. The fourth-order valence-corrected chi connectivity index (χ4v) is 1.44. The van der Waals surface area contributed by atoms with E-state index >= 15 is 0 Å². The van der Waals surface area contributed by atoms with Crippen molar-refractivity contribution in [3.8, 4) is 0 Å². The molecular weight excluding hydrogens is 164 g/mol. The Morgan fingerprint density at radius 1 is 1.15 bits per heavy atom. The molecule has 2 heteroatoms. The summed E-state index contributed by atoms with van der Waals surface area (Å²) < 4.78 is 5.01. The number of carbonyl (C=O) groups excluding carboxylic acids is 1. The first kappa shape index (κ1) is 12.5. The molecule has 0 aromatic rings. The lowest BCUT2D eigenvalue weighted by Crippen LogP contribution is -2.17. The van der Waals surface area contributed by atoms with E-state index in [1.165, 1.54) is 0 Å². The van der Waals surface area contributed by atoms with Crippen molar-refractivity contribution in [1.82, 2.24) is 0 Å². The van der Waals surface area contributed by atoms with Crippen LogP contribution in [0.4, 0.5) is 0 Å². The summed E-state index contributed by atoms with van der Waals surface area (Å²) in [7, 11) is 0. The van der Waals surface area contributed by atoms with Gasteiger partial charge in [-0.1, -0.05) is 33.1 Å². The Morgan fingerprint density at radius 2 is 1.85 bits per heavy atom. The summed E-state index contributed by atoms with van der Waals surface area (Å²) in [6, 6.07) is 0. The van der Waals surface area contributed by atoms with Crippen LogP contribution in [0.15, 0.2) is 0 Å². The maximum Gasteiger partial charge on any atom is 0.308 e. The van der Waals surface area contributed by atoms with Gasteiger partial charge >= 0.3 is 5.97 Å². The Labute approximate surface area is 81.7 Å². The first-order valence-corrected chi connectivity index (χ1v) is 5.42. The van der Waals surface area contributed by atoms with E-state index in [0.717, 1.165) is 32.1 Å². The molecule has 0 N–H and O–H groups in total. The number of hydrogen-bond donors (Lipinski definition) is 0. The Kier molecular flexibility index (Phi) is 7.76. The Hall–Kier alpha value is -0.530. The second-order valence-corrected chi connectivity index (χ2v) is 3.38. The molecule has 2 nitrogen and oxygen atoms in total. The molecule has 0 heterocycles. The number of rotatable bonds is 7. The van der Waals surface area contributed by atoms with E-state index < -0.39 is 0 Å². The van der Waals surface area contributed by atoms with Crippen molar-refractivity contribution in [2.75, 3.05) is 6.61 Å². The molecule has 0 aliphatic rings. The minimum absolute atomic E-state index is 0.00204. The Bertz CT molecular complexity index is 132. The zero-order valence-electron chi connectivity index (χ0n) is 9.14. The van der Waals surface area contributed by atoms with Gasteiger partial charge in [0.05, 0.1) is 12.5 Å². The van der Waals surface area contributed by atoms with Gasteiger partial charge in [0.15, 0.2) is 0 Å². The molecule has 0 saturated heterocycles. The predicted octanol–water partition coefficient (Wildman–Crippen LogP) is 3.16. The van der Waals surface area contributed by atoms with E-state index in [-0.39, 0.29) is 11.9 Å². The van der Waals surface area contributed by atoms with Gasteiger partial charge in [-0.2, -0.15) is 0 Å². The van der Waals surface area contributed by atoms with Crippen LogP contribution in [-0.4, -0.2) is 12.6 Å². The van der Waals surface area contributed by atoms with Gasteiger partial charge in [0, 0.05) is 0 Å². The highest BCUT2D eigenvalue weighted by Crippen LogP contribution is 2.16. The van der Waals surface area contributed by atoms with Gasteiger partial charge in [-0.05, 0) is 19.8 Å². The Balaban J connectivity index is 3.83. The molecule has 0 aliphatic heterocycles. The van der Waals surface area contributed by atoms with E-state index in [1.807, 2.05) is 6.92 Å². The maximum atomic E-state index is 11.4. The molecule has 0 fully saturated rings. The Morgan fingerprint density at radius 3 is 2.31 bits per heavy atom. The number of ether oxygens (including phenoxy) is 1. The zero-order chi connectivity index (χ0) is 10.1. The number of hydrogen-bond acceptors (Lipinski definition) is 2. The summed E-state index contributed by atoms with van der Waals surface area (Å²) in [5.41, 5.74) is 0. The van der Waals surface area contributed by atoms with Crippen LogP contribution in [-0.2, 0) is 9.53 Å². The van der Waals surface area contributed by atoms with Crippen molar-refractivity contribution in [2.24, 2.45) is 5.92 Å². The number of carbonyl (C=O) groups is 1. The summed E-state index contributed by atoms with van der Waals surface area (Å²) >= 11 is 0. The van der Waals surface area contributed by atoms with Crippen LogP contribution >= 0.6 is 0 Å². The molecule has 0 radical (unpaired) electrons. The minimum Gasteiger partial charge on any atom is -0.466 e. The summed E-state index contributed by atoms with van der Waals surface area (Å²) in [5, 5.41) is 0. The maximum absolute atomic E-state index is 11.4. The molecule has 13 heavy (non-hydrogen) atoms. The van der Waals surface area contributed by atoms with Crippen molar-refractivity contribution in [2.45, 2.75) is 52.9 Å². The van der Waals surface area contributed by atoms with E-state index in [1.54, 1.807) is 0 Å². The van der Waals surface area contributed by atoms with Crippen LogP contribution in [0.1, 0.15) is 52.9 Å². The van der Waals surface area contributed by atoms with Gasteiger partial charge in [0.1, 0.15) is 0 Å². The molecule has 0 spiro atoms. The standard InChI is InChI=1S/C11H22O2/c1-4-7-9-10(8-5-2)11(12)13-6-3/h10H,4-9H2,1-3H3. The highest BCUT2D eigenvalue weighted by Gasteiger charge is 2.17. The molecule has 1 atom stereocenters. The summed E-state index contributed by atoms with van der Waals surface area (Å²) in [6.45, 7) is 6.62. The quantitative estimate of drug-likeness (QED) is 0.571. The van der Waals surface area contributed by atoms with Crippen molar-refractivity contribution in [3.63, 3.8) is 0 Å². The van der Waals surface area contributed by atoms with Gasteiger partial charge < -0.3 is 4.74 Å². The van der Waals surface area contributed by atoms with E-state index in [9.17, 15) is 4.79 Å². The zero-order valence-corrected chi connectivity index (χ0v) is 9.14. The van der Waals surface area contributed by atoms with Gasteiger partial charge in [-0.15, -0.1) is 0 Å². The topological polar surface area (TPSA) is 26.3 Å². The average Bonchev–Trinajstić information content (AvgIpc) is 2.12. The summed E-state index contributed by atoms with van der Waals surface area (Å²) in [5.74, 6) is 0.141. The molecule has 78 valence electrons. The second kappa shape index (κ2) is 8.09. The second-order valence-electron chi connectivity index (χ2n) is 3.38. The smallest absolute Gasteiger partial charge is 0.308 e. The van der Waals surface area contributed by atoms with Crippen molar-refractivity contribution >= 4 is 5.97 Å². The van der Waals surface area contributed by atoms with Crippen molar-refractivity contribution < 1.29 is 9.53 Å². The van der Waals surface area contributed by atoms with Gasteiger partial charge in [-0.3, -0.25) is 4.79 Å². The monoisotopic (exact) mass is 186 g/mol. The van der Waals surface area contributed by atoms with E-state index in [4.69, 9.17) is 4.74 Å². The summed E-state index contributed by atoms with van der Waals surface area (Å²) in [6.07, 6.45) is 5.30. The molecule has 0 aromatic carbocycles. The highest BCUT2D eigenvalue weighted by molar-refractivity contribution is 5.72. The molecule has 0 aliphatic carbocycles. The lowest BCUT2D eigenvalue weighted by molar-refractivity contribution is -0.148. The molecule has 1 unspecified atom stereocenters. The molecular formula is C11H22O2. The third kappa shape index (κ3) is 5.67. The lowest BCUT2D eigenvalue weighted by Gasteiger charge is -2.13. The largest absolute Gasteiger partial charge is 0.466 e. The molecule has 0 saturated carbocycles. The molecule has 0 bridgehead atoms. The molecule has 0 amide bonds. The third-order valence-corrected chi connectivity index (χ3v) is 2.16. The van der Waals surface area contributed by atoms with Crippen LogP contribution in [0.5, 0.6) is 0 Å². The van der Waals surface area contributed by atoms with Gasteiger partial charge in [0.25, 0.3) is 0 Å². The first-order valence-electron chi connectivity index (χ1n) is 5.42. The lowest BCUT2D eigenvalue weighted by atomic mass is 9.97. The highest BCUT2D eigenvalue weighted by atomic mass is 16.5. The summed E-state index contributed by atoms with van der Waals surface area (Å²) in [4.78, 5) is 11.4. The third-order valence-electron chi connectivity index (χ3n) is 2.16. The van der Waals surface area contributed by atoms with Crippen LogP contribution in [0, 0.1) is 5.92 Å². The van der Waals surface area contributed by atoms with E-state index in [0.29, 0.717) is 6.61 Å². The number of unbranched alkanes of at least 4 members (excludes halogenated alkanes) is 1. The normalized spacial score (nSPS) is 12.5. The van der Waals surface area contributed by atoms with E-state index in [2.05, 4.69) is 13.8 Å². The van der Waals surface area contributed by atoms with Gasteiger partial charge in [-0.25, -0.2) is 0 Å². The fourth-order valence-electron chi connectivity index (χ4n) is 1.44. The van der Waals surface area contributed by atoms with Crippen molar-refractivity contribution in [1.29, 1.82) is 0 Å². The minimum atomic E-state index is -0.00204. The van der Waals surface area contributed by atoms with Crippen molar-refractivity contribution in [3.05, 3.63) is 0 Å². The average molecular weight is 186 g/mol. The fraction of sp³-hybridized carbons (Fsp3) is 0.909. The van der Waals surface area contributed by atoms with Crippen LogP contribution in [0.2, 0.25) is 0 Å². The number of esters is 1.